The first-order valence-electron chi connectivity index (χ1n) is 10.2. The summed E-state index contributed by atoms with van der Waals surface area (Å²) in [4.78, 5) is 24.8. The third kappa shape index (κ3) is 7.43. The maximum atomic E-state index is 14.2. The summed E-state index contributed by atoms with van der Waals surface area (Å²) in [6, 6.07) is 3.37. The standard InChI is InChI=1S/C23H20F8N2O3/c1-22(2,3)36-21(35)32-13(6-4-5-11-7-9-12(24)10-8-11)20(34)33-19-17(27)15(25)14(23(29,30)31)16(26)18(19)28/h4-5,7-10,13H,6H2,1-3H3,(H,32,35)(H,33,34). The van der Waals surface area contributed by atoms with Crippen LogP contribution in [0.1, 0.15) is 38.3 Å². The molecule has 0 radical (unpaired) electrons. The fraction of sp³-hybridized carbons (Fsp3) is 0.304. The molecule has 196 valence electrons. The number of hydrogen-bond acceptors (Lipinski definition) is 3. The number of hydrogen-bond donors (Lipinski definition) is 2. The zero-order valence-electron chi connectivity index (χ0n) is 19.0. The van der Waals surface area contributed by atoms with E-state index >= 15 is 0 Å². The topological polar surface area (TPSA) is 67.4 Å². The molecule has 2 N–H and O–H groups in total. The van der Waals surface area contributed by atoms with Crippen LogP contribution in [-0.2, 0) is 15.7 Å². The first-order valence-corrected chi connectivity index (χ1v) is 10.2. The van der Waals surface area contributed by atoms with Gasteiger partial charge in [0.1, 0.15) is 28.7 Å². The number of benzene rings is 2. The number of halogens is 8. The molecule has 2 rings (SSSR count). The fourth-order valence-corrected chi connectivity index (χ4v) is 2.80. The van der Waals surface area contributed by atoms with Crippen molar-refractivity contribution in [3.8, 4) is 0 Å². The minimum Gasteiger partial charge on any atom is -0.444 e. The smallest absolute Gasteiger partial charge is 0.422 e. The van der Waals surface area contributed by atoms with Gasteiger partial charge in [-0.15, -0.1) is 0 Å². The van der Waals surface area contributed by atoms with Gasteiger partial charge < -0.3 is 15.4 Å². The summed E-state index contributed by atoms with van der Waals surface area (Å²) in [6.07, 6.45) is -4.59. The molecular weight excluding hydrogens is 504 g/mol. The van der Waals surface area contributed by atoms with E-state index in [-0.39, 0.29) is 6.42 Å². The molecule has 0 aliphatic heterocycles. The molecule has 2 amide bonds. The number of carbonyl (C=O) groups excluding carboxylic acids is 2. The van der Waals surface area contributed by atoms with Gasteiger partial charge in [0.2, 0.25) is 5.91 Å². The van der Waals surface area contributed by atoms with E-state index in [0.717, 1.165) is 12.1 Å². The molecule has 0 bridgehead atoms. The first kappa shape index (κ1) is 28.6. The van der Waals surface area contributed by atoms with E-state index in [0.29, 0.717) is 5.56 Å². The highest BCUT2D eigenvalue weighted by atomic mass is 19.4. The molecule has 36 heavy (non-hydrogen) atoms. The maximum absolute atomic E-state index is 14.2. The van der Waals surface area contributed by atoms with Crippen molar-refractivity contribution in [1.82, 2.24) is 5.32 Å². The van der Waals surface area contributed by atoms with E-state index in [2.05, 4.69) is 5.32 Å². The van der Waals surface area contributed by atoms with Crippen molar-refractivity contribution in [3.05, 3.63) is 70.6 Å². The minimum atomic E-state index is -5.76. The summed E-state index contributed by atoms with van der Waals surface area (Å²) in [6.45, 7) is 4.48. The molecule has 0 heterocycles. The van der Waals surface area contributed by atoms with E-state index in [4.69, 9.17) is 4.74 Å². The number of alkyl carbamates (subject to hydrolysis) is 1. The zero-order valence-corrected chi connectivity index (χ0v) is 19.0. The minimum absolute atomic E-state index is 0.378. The van der Waals surface area contributed by atoms with Gasteiger partial charge in [0.05, 0.1) is 0 Å². The second-order valence-electron chi connectivity index (χ2n) is 8.38. The lowest BCUT2D eigenvalue weighted by Gasteiger charge is -2.23. The highest BCUT2D eigenvalue weighted by Crippen LogP contribution is 2.38. The first-order chi connectivity index (χ1) is 16.5. The molecule has 13 heteroatoms. The van der Waals surface area contributed by atoms with Gasteiger partial charge in [0.25, 0.3) is 0 Å². The predicted octanol–water partition coefficient (Wildman–Crippen LogP) is 6.34. The van der Waals surface area contributed by atoms with Gasteiger partial charge in [-0.3, -0.25) is 4.79 Å². The van der Waals surface area contributed by atoms with Crippen LogP contribution in [0, 0.1) is 29.1 Å². The van der Waals surface area contributed by atoms with Crippen molar-refractivity contribution in [3.63, 3.8) is 0 Å². The van der Waals surface area contributed by atoms with Crippen LogP contribution in [0.15, 0.2) is 30.3 Å². The molecule has 0 aliphatic rings. The van der Waals surface area contributed by atoms with Crippen molar-refractivity contribution in [1.29, 1.82) is 0 Å². The van der Waals surface area contributed by atoms with Crippen LogP contribution in [0.2, 0.25) is 0 Å². The lowest BCUT2D eigenvalue weighted by molar-refractivity contribution is -0.143. The maximum Gasteiger partial charge on any atom is 0.422 e. The molecule has 1 atom stereocenters. The third-order valence-electron chi connectivity index (χ3n) is 4.35. The summed E-state index contributed by atoms with van der Waals surface area (Å²) >= 11 is 0. The van der Waals surface area contributed by atoms with E-state index < -0.39 is 70.2 Å². The average molecular weight is 524 g/mol. The van der Waals surface area contributed by atoms with Crippen LogP contribution in [0.3, 0.4) is 0 Å². The Morgan fingerprint density at radius 2 is 1.44 bits per heavy atom. The summed E-state index contributed by atoms with van der Waals surface area (Å²) in [5, 5.41) is 3.57. The van der Waals surface area contributed by atoms with Gasteiger partial charge in [0.15, 0.2) is 23.3 Å². The number of amides is 2. The van der Waals surface area contributed by atoms with E-state index in [1.54, 1.807) is 0 Å². The molecule has 5 nitrogen and oxygen atoms in total. The molecule has 1 unspecified atom stereocenters. The van der Waals surface area contributed by atoms with Crippen LogP contribution < -0.4 is 10.6 Å². The van der Waals surface area contributed by atoms with Gasteiger partial charge >= 0.3 is 12.3 Å². The van der Waals surface area contributed by atoms with Crippen molar-refractivity contribution in [2.24, 2.45) is 0 Å². The molecular formula is C23H20F8N2O3. The highest BCUT2D eigenvalue weighted by molar-refractivity contribution is 5.97. The molecule has 0 saturated heterocycles. The lowest BCUT2D eigenvalue weighted by atomic mass is 10.1. The molecule has 0 fully saturated rings. The van der Waals surface area contributed by atoms with E-state index in [1.165, 1.54) is 50.4 Å². The summed E-state index contributed by atoms with van der Waals surface area (Å²) in [5.41, 5.74) is -5.17. The Hall–Kier alpha value is -3.64. The van der Waals surface area contributed by atoms with Crippen LogP contribution in [0.25, 0.3) is 6.08 Å². The van der Waals surface area contributed by atoms with Crippen LogP contribution in [0.4, 0.5) is 45.6 Å². The third-order valence-corrected chi connectivity index (χ3v) is 4.35. The van der Waals surface area contributed by atoms with Crippen molar-refractivity contribution < 1.29 is 49.4 Å². The number of rotatable bonds is 6. The van der Waals surface area contributed by atoms with Crippen molar-refractivity contribution in [2.45, 2.75) is 45.0 Å². The Morgan fingerprint density at radius 1 is 0.917 bits per heavy atom. The summed E-state index contributed by atoms with van der Waals surface area (Å²) in [7, 11) is 0. The van der Waals surface area contributed by atoms with Crippen LogP contribution in [0.5, 0.6) is 0 Å². The lowest BCUT2D eigenvalue weighted by Crippen LogP contribution is -2.45. The van der Waals surface area contributed by atoms with E-state index in [9.17, 15) is 44.7 Å². The van der Waals surface area contributed by atoms with E-state index in [1.807, 2.05) is 0 Å². The Balaban J connectivity index is 2.35. The molecule has 0 aliphatic carbocycles. The Labute approximate surface area is 200 Å². The molecule has 0 spiro atoms. The highest BCUT2D eigenvalue weighted by Gasteiger charge is 2.42. The largest absolute Gasteiger partial charge is 0.444 e. The molecule has 0 saturated carbocycles. The average Bonchev–Trinajstić information content (AvgIpc) is 2.73. The summed E-state index contributed by atoms with van der Waals surface area (Å²) < 4.78 is 113. The number of nitrogens with one attached hydrogen (secondary N) is 2. The molecule has 0 aromatic heterocycles. The van der Waals surface area contributed by atoms with Gasteiger partial charge in [-0.1, -0.05) is 24.3 Å². The number of carbonyl (C=O) groups is 2. The monoisotopic (exact) mass is 524 g/mol. The van der Waals surface area contributed by atoms with Gasteiger partial charge in [-0.2, -0.15) is 13.2 Å². The van der Waals surface area contributed by atoms with Gasteiger partial charge in [0, 0.05) is 0 Å². The van der Waals surface area contributed by atoms with Gasteiger partial charge in [-0.25, -0.2) is 26.7 Å². The molecule has 2 aromatic carbocycles. The van der Waals surface area contributed by atoms with Crippen LogP contribution in [-0.4, -0.2) is 23.6 Å². The quantitative estimate of drug-likeness (QED) is 0.343. The Morgan fingerprint density at radius 3 is 1.92 bits per heavy atom. The van der Waals surface area contributed by atoms with Crippen molar-refractivity contribution >= 4 is 23.8 Å². The number of alkyl halides is 3. The SMILES string of the molecule is CC(C)(C)OC(=O)NC(CC=Cc1ccc(F)cc1)C(=O)Nc1c(F)c(F)c(C(F)(F)F)c(F)c1F. The predicted molar refractivity (Wildman–Crippen MR) is 113 cm³/mol. The van der Waals surface area contributed by atoms with Crippen LogP contribution >= 0.6 is 0 Å². The zero-order chi connectivity index (χ0) is 27.4. The fourth-order valence-electron chi connectivity index (χ4n) is 2.80. The second kappa shape index (κ2) is 11.0. The Kier molecular flexibility index (Phi) is 8.70. The summed E-state index contributed by atoms with van der Waals surface area (Å²) in [5.74, 6) is -12.5. The van der Waals surface area contributed by atoms with Crippen molar-refractivity contribution in [2.75, 3.05) is 5.32 Å². The molecule has 2 aromatic rings. The van der Waals surface area contributed by atoms with Gasteiger partial charge in [-0.05, 0) is 44.9 Å². The second-order valence-corrected chi connectivity index (χ2v) is 8.38. The number of ether oxygens (including phenoxy) is 1. The normalized spacial score (nSPS) is 13.0. The number of anilines is 1. The Bertz CT molecular complexity index is 1130.